The number of nitrogens with two attached hydrogens (primary N) is 1. The van der Waals surface area contributed by atoms with Crippen LogP contribution in [0.25, 0.3) is 0 Å². The van der Waals surface area contributed by atoms with Crippen LogP contribution in [0.15, 0.2) is 18.2 Å². The van der Waals surface area contributed by atoms with E-state index in [1.165, 1.54) is 5.56 Å². The fourth-order valence-corrected chi connectivity index (χ4v) is 1.90. The highest BCUT2D eigenvalue weighted by Gasteiger charge is 2.21. The van der Waals surface area contributed by atoms with E-state index in [9.17, 15) is 0 Å². The fourth-order valence-electron chi connectivity index (χ4n) is 1.90. The van der Waals surface area contributed by atoms with E-state index >= 15 is 0 Å². The Morgan fingerprint density at radius 2 is 2.11 bits per heavy atom. The molecule has 1 aromatic carbocycles. The highest BCUT2D eigenvalue weighted by atomic mass is 16.6. The molecule has 2 N–H and O–H groups in total. The molecule has 4 heteroatoms. The van der Waals surface area contributed by atoms with Gasteiger partial charge in [0.15, 0.2) is 11.5 Å². The maximum absolute atomic E-state index is 5.84. The number of aryl methyl sites for hydroxylation is 1. The lowest BCUT2D eigenvalue weighted by molar-refractivity contribution is -0.0803. The second-order valence-corrected chi connectivity index (χ2v) is 4.51. The van der Waals surface area contributed by atoms with Crippen LogP contribution in [0.4, 0.5) is 0 Å². The molecule has 1 aromatic rings. The van der Waals surface area contributed by atoms with Crippen molar-refractivity contribution in [2.45, 2.75) is 25.4 Å². The van der Waals surface area contributed by atoms with Crippen LogP contribution in [0.5, 0.6) is 11.5 Å². The number of benzene rings is 1. The van der Waals surface area contributed by atoms with Crippen LogP contribution in [-0.4, -0.2) is 33.0 Å². The van der Waals surface area contributed by atoms with Gasteiger partial charge in [-0.05, 0) is 43.5 Å². The van der Waals surface area contributed by atoms with Crippen molar-refractivity contribution in [1.82, 2.24) is 0 Å². The Morgan fingerprint density at radius 1 is 1.28 bits per heavy atom. The van der Waals surface area contributed by atoms with Gasteiger partial charge < -0.3 is 19.9 Å². The Labute approximate surface area is 108 Å². The molecule has 0 saturated carbocycles. The SMILES string of the molecule is COc1ccc(CCCCN)cc1OC1COC1. The normalized spacial score (nSPS) is 15.2. The average Bonchev–Trinajstić information content (AvgIpc) is 2.34. The van der Waals surface area contributed by atoms with Gasteiger partial charge in [-0.2, -0.15) is 0 Å². The first kappa shape index (κ1) is 13.2. The molecule has 0 unspecified atom stereocenters. The van der Waals surface area contributed by atoms with Crippen molar-refractivity contribution in [2.24, 2.45) is 5.73 Å². The summed E-state index contributed by atoms with van der Waals surface area (Å²) in [7, 11) is 1.66. The van der Waals surface area contributed by atoms with Crippen molar-refractivity contribution in [1.29, 1.82) is 0 Å². The molecule has 1 saturated heterocycles. The highest BCUT2D eigenvalue weighted by molar-refractivity contribution is 5.43. The number of methoxy groups -OCH3 is 1. The third-order valence-electron chi connectivity index (χ3n) is 3.05. The predicted molar refractivity (Wildman–Crippen MR) is 70.2 cm³/mol. The summed E-state index contributed by atoms with van der Waals surface area (Å²) in [5.41, 5.74) is 6.76. The molecule has 0 bridgehead atoms. The number of unbranched alkanes of at least 4 members (excludes halogenated alkanes) is 1. The average molecular weight is 251 g/mol. The monoisotopic (exact) mass is 251 g/mol. The molecule has 1 heterocycles. The summed E-state index contributed by atoms with van der Waals surface area (Å²) >= 11 is 0. The second-order valence-electron chi connectivity index (χ2n) is 4.51. The Balaban J connectivity index is 2.00. The van der Waals surface area contributed by atoms with Gasteiger partial charge in [-0.1, -0.05) is 6.07 Å². The number of rotatable bonds is 7. The summed E-state index contributed by atoms with van der Waals surface area (Å²) in [6.07, 6.45) is 3.35. The van der Waals surface area contributed by atoms with Crippen molar-refractivity contribution in [3.8, 4) is 11.5 Å². The molecule has 18 heavy (non-hydrogen) atoms. The number of hydrogen-bond acceptors (Lipinski definition) is 4. The van der Waals surface area contributed by atoms with Gasteiger partial charge in [0.2, 0.25) is 0 Å². The zero-order valence-corrected chi connectivity index (χ0v) is 10.9. The molecule has 0 radical (unpaired) electrons. The minimum Gasteiger partial charge on any atom is -0.493 e. The molecule has 100 valence electrons. The van der Waals surface area contributed by atoms with Crippen molar-refractivity contribution < 1.29 is 14.2 Å². The molecule has 4 nitrogen and oxygen atoms in total. The minimum absolute atomic E-state index is 0.165. The molecule has 1 aliphatic heterocycles. The summed E-state index contributed by atoms with van der Waals surface area (Å²) in [6, 6.07) is 6.11. The first-order valence-electron chi connectivity index (χ1n) is 6.45. The van der Waals surface area contributed by atoms with Crippen LogP contribution in [0.2, 0.25) is 0 Å². The summed E-state index contributed by atoms with van der Waals surface area (Å²) in [5.74, 6) is 1.60. The Hall–Kier alpha value is -1.26. The summed E-state index contributed by atoms with van der Waals surface area (Å²) < 4.78 is 16.3. The predicted octanol–water partition coefficient (Wildman–Crippen LogP) is 1.75. The van der Waals surface area contributed by atoms with Gasteiger partial charge in [-0.25, -0.2) is 0 Å². The molecule has 1 aliphatic rings. The van der Waals surface area contributed by atoms with Gasteiger partial charge >= 0.3 is 0 Å². The van der Waals surface area contributed by atoms with E-state index in [0.717, 1.165) is 37.3 Å². The molecule has 0 spiro atoms. The van der Waals surface area contributed by atoms with Gasteiger partial charge in [-0.3, -0.25) is 0 Å². The lowest BCUT2D eigenvalue weighted by Gasteiger charge is -2.27. The van der Waals surface area contributed by atoms with Crippen LogP contribution in [0, 0.1) is 0 Å². The van der Waals surface area contributed by atoms with E-state index < -0.39 is 0 Å². The zero-order valence-electron chi connectivity index (χ0n) is 10.9. The van der Waals surface area contributed by atoms with Crippen molar-refractivity contribution >= 4 is 0 Å². The van der Waals surface area contributed by atoms with E-state index in [0.29, 0.717) is 13.2 Å². The minimum atomic E-state index is 0.165. The topological polar surface area (TPSA) is 53.7 Å². The summed E-state index contributed by atoms with van der Waals surface area (Å²) in [6.45, 7) is 2.08. The first-order valence-corrected chi connectivity index (χ1v) is 6.45. The van der Waals surface area contributed by atoms with E-state index in [1.807, 2.05) is 6.07 Å². The molecule has 0 aliphatic carbocycles. The standard InChI is InChI=1S/C14H21NO3/c1-16-13-6-5-11(4-2-3-7-15)8-14(13)18-12-9-17-10-12/h5-6,8,12H,2-4,7,9-10,15H2,1H3. The van der Waals surface area contributed by atoms with Crippen LogP contribution < -0.4 is 15.2 Å². The zero-order chi connectivity index (χ0) is 12.8. The van der Waals surface area contributed by atoms with Crippen LogP contribution in [0.1, 0.15) is 18.4 Å². The van der Waals surface area contributed by atoms with Gasteiger partial charge in [-0.15, -0.1) is 0 Å². The molecule has 1 fully saturated rings. The van der Waals surface area contributed by atoms with Gasteiger partial charge in [0, 0.05) is 0 Å². The van der Waals surface area contributed by atoms with Crippen LogP contribution >= 0.6 is 0 Å². The molecule has 2 rings (SSSR count). The smallest absolute Gasteiger partial charge is 0.162 e. The molecular formula is C14H21NO3. The third-order valence-corrected chi connectivity index (χ3v) is 3.05. The molecule has 0 atom stereocenters. The van der Waals surface area contributed by atoms with E-state index in [1.54, 1.807) is 7.11 Å². The van der Waals surface area contributed by atoms with Crippen molar-refractivity contribution in [3.05, 3.63) is 23.8 Å². The van der Waals surface area contributed by atoms with Crippen molar-refractivity contribution in [3.63, 3.8) is 0 Å². The van der Waals surface area contributed by atoms with Crippen molar-refractivity contribution in [2.75, 3.05) is 26.9 Å². The van der Waals surface area contributed by atoms with Crippen LogP contribution in [-0.2, 0) is 11.2 Å². The first-order chi connectivity index (χ1) is 8.83. The number of hydrogen-bond donors (Lipinski definition) is 1. The summed E-state index contributed by atoms with van der Waals surface area (Å²) in [5, 5.41) is 0. The largest absolute Gasteiger partial charge is 0.493 e. The molecule has 0 aromatic heterocycles. The maximum Gasteiger partial charge on any atom is 0.162 e. The third kappa shape index (κ3) is 3.37. The van der Waals surface area contributed by atoms with Gasteiger partial charge in [0.1, 0.15) is 6.10 Å². The quantitative estimate of drug-likeness (QED) is 0.750. The molecular weight excluding hydrogens is 230 g/mol. The highest BCUT2D eigenvalue weighted by Crippen LogP contribution is 2.30. The molecule has 0 amide bonds. The lowest BCUT2D eigenvalue weighted by atomic mass is 10.1. The van der Waals surface area contributed by atoms with E-state index in [2.05, 4.69) is 12.1 Å². The maximum atomic E-state index is 5.84. The van der Waals surface area contributed by atoms with E-state index in [4.69, 9.17) is 19.9 Å². The second kappa shape index (κ2) is 6.61. The number of ether oxygens (including phenoxy) is 3. The van der Waals surface area contributed by atoms with Crippen LogP contribution in [0.3, 0.4) is 0 Å². The summed E-state index contributed by atoms with van der Waals surface area (Å²) in [4.78, 5) is 0. The van der Waals surface area contributed by atoms with Gasteiger partial charge in [0.25, 0.3) is 0 Å². The Morgan fingerprint density at radius 3 is 2.72 bits per heavy atom. The fraction of sp³-hybridized carbons (Fsp3) is 0.571. The lowest BCUT2D eigenvalue weighted by Crippen LogP contribution is -2.38. The van der Waals surface area contributed by atoms with Gasteiger partial charge in [0.05, 0.1) is 20.3 Å². The Bertz CT molecular complexity index is 377. The van der Waals surface area contributed by atoms with E-state index in [-0.39, 0.29) is 6.10 Å². The Kier molecular flexibility index (Phi) is 4.84.